The molecule has 0 aliphatic carbocycles. The lowest BCUT2D eigenvalue weighted by atomic mass is 9.91. The van der Waals surface area contributed by atoms with Crippen LogP contribution in [0.1, 0.15) is 46.0 Å². The second-order valence-corrected chi connectivity index (χ2v) is 11.9. The van der Waals surface area contributed by atoms with Gasteiger partial charge in [0, 0.05) is 37.0 Å². The molecular weight excluding hydrogens is 576 g/mol. The fraction of sp³-hybridized carbons (Fsp3) is 0.265. The fourth-order valence-electron chi connectivity index (χ4n) is 6.34. The second-order valence-electron chi connectivity index (χ2n) is 11.5. The predicted molar refractivity (Wildman–Crippen MR) is 168 cm³/mol. The van der Waals surface area contributed by atoms with Crippen LogP contribution >= 0.6 is 11.6 Å². The first-order chi connectivity index (χ1) is 21.3. The predicted octanol–water partition coefficient (Wildman–Crippen LogP) is 5.77. The van der Waals surface area contributed by atoms with Gasteiger partial charge in [-0.2, -0.15) is 5.26 Å². The van der Waals surface area contributed by atoms with Gasteiger partial charge in [0.15, 0.2) is 23.4 Å². The molecule has 2 aromatic heterocycles. The number of benzene rings is 3. The molecular formula is C34H31ClN6O3. The zero-order chi connectivity index (χ0) is 30.5. The van der Waals surface area contributed by atoms with Gasteiger partial charge in [0.2, 0.25) is 0 Å². The van der Waals surface area contributed by atoms with Gasteiger partial charge in [-0.1, -0.05) is 48.0 Å². The number of hydrogen-bond acceptors (Lipinski definition) is 8. The summed E-state index contributed by atoms with van der Waals surface area (Å²) in [6, 6.07) is 19.8. The summed E-state index contributed by atoms with van der Waals surface area (Å²) in [4.78, 5) is 7.02. The van der Waals surface area contributed by atoms with Gasteiger partial charge in [0.1, 0.15) is 6.07 Å². The summed E-state index contributed by atoms with van der Waals surface area (Å²) < 4.78 is 7.99. The van der Waals surface area contributed by atoms with Crippen molar-refractivity contribution in [2.45, 2.75) is 45.8 Å². The maximum atomic E-state index is 9.90. The lowest BCUT2D eigenvalue weighted by Gasteiger charge is -2.19. The molecule has 0 amide bonds. The molecule has 7 rings (SSSR count). The van der Waals surface area contributed by atoms with E-state index in [9.17, 15) is 15.5 Å². The molecule has 0 radical (unpaired) electrons. The molecule has 44 heavy (non-hydrogen) atoms. The third-order valence-corrected chi connectivity index (χ3v) is 8.87. The van der Waals surface area contributed by atoms with Crippen LogP contribution in [0.25, 0.3) is 28.2 Å². The van der Waals surface area contributed by atoms with Crippen molar-refractivity contribution in [1.82, 2.24) is 19.5 Å². The molecule has 5 aromatic rings. The summed E-state index contributed by atoms with van der Waals surface area (Å²) in [6.07, 6.45) is 1.99. The number of anilines is 1. The number of halogens is 1. The number of aromatic nitrogens is 3. The van der Waals surface area contributed by atoms with Crippen LogP contribution < -0.4 is 10.1 Å². The van der Waals surface area contributed by atoms with Crippen LogP contribution in [0, 0.1) is 25.2 Å². The van der Waals surface area contributed by atoms with E-state index in [2.05, 4.69) is 42.3 Å². The summed E-state index contributed by atoms with van der Waals surface area (Å²) in [5.74, 6) is 1.09. The largest absolute Gasteiger partial charge is 0.463 e. The summed E-state index contributed by atoms with van der Waals surface area (Å²) in [5.41, 5.74) is 9.40. The number of fused-ring (bicyclic) bond motifs is 2. The quantitative estimate of drug-likeness (QED) is 0.223. The zero-order valence-corrected chi connectivity index (χ0v) is 25.1. The van der Waals surface area contributed by atoms with Crippen molar-refractivity contribution in [2.75, 3.05) is 18.4 Å². The maximum absolute atomic E-state index is 9.90. The summed E-state index contributed by atoms with van der Waals surface area (Å²) >= 11 is 6.67. The molecule has 2 aliphatic heterocycles. The maximum Gasteiger partial charge on any atom is 0.196 e. The Hall–Kier alpha value is -4.46. The van der Waals surface area contributed by atoms with Gasteiger partial charge in [-0.15, -0.1) is 5.10 Å². The van der Waals surface area contributed by atoms with Gasteiger partial charge in [-0.05, 0) is 71.8 Å². The van der Waals surface area contributed by atoms with E-state index in [-0.39, 0.29) is 12.7 Å². The first kappa shape index (κ1) is 28.3. The second kappa shape index (κ2) is 11.2. The minimum Gasteiger partial charge on any atom is -0.463 e. The van der Waals surface area contributed by atoms with Gasteiger partial charge in [0.05, 0.1) is 29.0 Å². The molecule has 4 heterocycles. The van der Waals surface area contributed by atoms with Crippen LogP contribution in [0.15, 0.2) is 60.8 Å². The molecule has 3 N–H and O–H groups in total. The number of β-amino-alcohol motifs (C(OH)–C–C–N with tert-alkyl or cyclic N) is 1. The lowest BCUT2D eigenvalue weighted by molar-refractivity contribution is 0.174. The molecule has 10 heteroatoms. The number of aliphatic hydroxyl groups is 2. The third kappa shape index (κ3) is 4.96. The monoisotopic (exact) mass is 606 g/mol. The zero-order valence-electron chi connectivity index (χ0n) is 24.4. The van der Waals surface area contributed by atoms with Crippen molar-refractivity contribution < 1.29 is 14.9 Å². The Morgan fingerprint density at radius 1 is 1.07 bits per heavy atom. The number of ether oxygens (including phenoxy) is 1. The molecule has 0 spiro atoms. The Morgan fingerprint density at radius 3 is 2.59 bits per heavy atom. The molecule has 0 saturated carbocycles. The van der Waals surface area contributed by atoms with E-state index >= 15 is 0 Å². The molecule has 1 saturated heterocycles. The molecule has 9 nitrogen and oxygen atoms in total. The van der Waals surface area contributed by atoms with E-state index in [1.165, 1.54) is 0 Å². The fourth-order valence-corrected chi connectivity index (χ4v) is 6.61. The Morgan fingerprint density at radius 2 is 1.84 bits per heavy atom. The van der Waals surface area contributed by atoms with Gasteiger partial charge in [-0.3, -0.25) is 4.90 Å². The van der Waals surface area contributed by atoms with E-state index in [4.69, 9.17) is 26.4 Å². The highest BCUT2D eigenvalue weighted by atomic mass is 35.5. The normalized spacial score (nSPS) is 17.8. The Labute approximate surface area is 259 Å². The van der Waals surface area contributed by atoms with Crippen molar-refractivity contribution in [3.05, 3.63) is 99.2 Å². The number of hydrogen-bond donors (Lipinski definition) is 3. The average Bonchev–Trinajstić information content (AvgIpc) is 3.75. The van der Waals surface area contributed by atoms with E-state index in [0.717, 1.165) is 51.9 Å². The standard InChI is InChI=1S/C34H31ClN6O3/c1-19-25(26-6-4-8-28(20(26)2)34-37-30-13-21(18-42)11-23(14-36)31(30)44-34)5-3-7-27(19)32-38-33-29(35)12-22(16-41(33)39-32)15-40-10-9-24(43)17-40/h3-8,11-13,16,24,34,37,42-43H,9-10,15,17-18H2,1-2H3/t24-,34?/m1/s1. The first-order valence-corrected chi connectivity index (χ1v) is 15.0. The van der Waals surface area contributed by atoms with Gasteiger partial charge < -0.3 is 20.3 Å². The van der Waals surface area contributed by atoms with Crippen LogP contribution in [0.4, 0.5) is 5.69 Å². The third-order valence-electron chi connectivity index (χ3n) is 8.60. The number of aliphatic hydroxyl groups excluding tert-OH is 2. The SMILES string of the molecule is Cc1c(-c2nc3c(Cl)cc(CN4CC[C@@H](O)C4)cn3n2)cccc1-c1cccc(C2Nc3cc(CO)cc(C#N)c3O2)c1C. The number of pyridine rings is 1. The van der Waals surface area contributed by atoms with E-state index in [1.807, 2.05) is 42.6 Å². The lowest BCUT2D eigenvalue weighted by Crippen LogP contribution is -2.21. The van der Waals surface area contributed by atoms with Crippen molar-refractivity contribution in [2.24, 2.45) is 0 Å². The molecule has 3 aromatic carbocycles. The van der Waals surface area contributed by atoms with E-state index < -0.39 is 6.23 Å². The van der Waals surface area contributed by atoms with Gasteiger partial charge in [0.25, 0.3) is 0 Å². The van der Waals surface area contributed by atoms with Crippen molar-refractivity contribution in [3.63, 3.8) is 0 Å². The van der Waals surface area contributed by atoms with Crippen LogP contribution in [0.2, 0.25) is 5.02 Å². The molecule has 2 aliphatic rings. The van der Waals surface area contributed by atoms with Crippen LogP contribution in [-0.4, -0.2) is 48.9 Å². The first-order valence-electron chi connectivity index (χ1n) is 14.6. The number of rotatable bonds is 6. The number of nitriles is 1. The van der Waals surface area contributed by atoms with Crippen LogP contribution in [0.5, 0.6) is 5.75 Å². The highest BCUT2D eigenvalue weighted by Crippen LogP contribution is 2.43. The van der Waals surface area contributed by atoms with E-state index in [0.29, 0.717) is 52.1 Å². The van der Waals surface area contributed by atoms with E-state index in [1.54, 1.807) is 10.6 Å². The summed E-state index contributed by atoms with van der Waals surface area (Å²) in [6.45, 7) is 6.19. The molecule has 0 bridgehead atoms. The molecule has 222 valence electrons. The average molecular weight is 607 g/mol. The van der Waals surface area contributed by atoms with Gasteiger partial charge in [-0.25, -0.2) is 9.50 Å². The van der Waals surface area contributed by atoms with Gasteiger partial charge >= 0.3 is 0 Å². The Kier molecular flexibility index (Phi) is 7.23. The van der Waals surface area contributed by atoms with Crippen LogP contribution in [0.3, 0.4) is 0 Å². The number of nitrogens with one attached hydrogen (secondary N) is 1. The molecule has 1 unspecified atom stereocenters. The topological polar surface area (TPSA) is 119 Å². The highest BCUT2D eigenvalue weighted by molar-refractivity contribution is 6.33. The minimum atomic E-state index is -0.477. The highest BCUT2D eigenvalue weighted by Gasteiger charge is 2.29. The minimum absolute atomic E-state index is 0.156. The van der Waals surface area contributed by atoms with Crippen LogP contribution in [-0.2, 0) is 13.2 Å². The summed E-state index contributed by atoms with van der Waals surface area (Å²) in [5, 5.41) is 37.9. The summed E-state index contributed by atoms with van der Waals surface area (Å²) in [7, 11) is 0. The number of likely N-dealkylation sites (tertiary alicyclic amines) is 1. The van der Waals surface area contributed by atoms with Crippen molar-refractivity contribution in [1.29, 1.82) is 5.26 Å². The molecule has 2 atom stereocenters. The Balaban J connectivity index is 1.21. The smallest absolute Gasteiger partial charge is 0.196 e. The van der Waals surface area contributed by atoms with Crippen molar-refractivity contribution >= 4 is 22.9 Å². The molecule has 1 fully saturated rings. The Bertz CT molecular complexity index is 1970. The van der Waals surface area contributed by atoms with Crippen molar-refractivity contribution in [3.8, 4) is 34.3 Å². The number of nitrogens with zero attached hydrogens (tertiary/aromatic N) is 5.